The highest BCUT2D eigenvalue weighted by Crippen LogP contribution is 2.35. The van der Waals surface area contributed by atoms with Gasteiger partial charge in [0.1, 0.15) is 5.69 Å². The fraction of sp³-hybridized carbons (Fsp3) is 0.375. The predicted molar refractivity (Wildman–Crippen MR) is 80.3 cm³/mol. The Hall–Kier alpha value is -2.18. The van der Waals surface area contributed by atoms with Gasteiger partial charge in [-0.05, 0) is 12.1 Å². The van der Waals surface area contributed by atoms with E-state index in [1.807, 2.05) is 19.2 Å². The Bertz CT molecular complexity index is 815. The Labute approximate surface area is 127 Å². The number of fused-ring (bicyclic) bond motifs is 1. The molecule has 3 heterocycles. The molecule has 1 aliphatic rings. The summed E-state index contributed by atoms with van der Waals surface area (Å²) >= 11 is 0. The van der Waals surface area contributed by atoms with E-state index in [2.05, 4.69) is 33.0 Å². The molecule has 6 nitrogen and oxygen atoms in total. The molecule has 1 aliphatic heterocycles. The van der Waals surface area contributed by atoms with E-state index in [9.17, 15) is 0 Å². The van der Waals surface area contributed by atoms with Crippen LogP contribution < -0.4 is 0 Å². The van der Waals surface area contributed by atoms with Crippen molar-refractivity contribution >= 4 is 10.9 Å². The molecule has 0 N–H and O–H groups in total. The largest absolute Gasteiger partial charge is 0.416 e. The van der Waals surface area contributed by atoms with Crippen molar-refractivity contribution in [1.82, 2.24) is 14.8 Å². The van der Waals surface area contributed by atoms with Crippen LogP contribution in [0, 0.1) is 0 Å². The maximum absolute atomic E-state index is 5.91. The summed E-state index contributed by atoms with van der Waals surface area (Å²) in [6.45, 7) is 1.08. The van der Waals surface area contributed by atoms with Gasteiger partial charge in [-0.25, -0.2) is 0 Å². The number of para-hydroxylation sites is 1. The normalized spacial score (nSPS) is 21.7. The highest BCUT2D eigenvalue weighted by molar-refractivity contribution is 5.85. The average Bonchev–Trinajstić information content (AvgIpc) is 3.26. The highest BCUT2D eigenvalue weighted by Gasteiger charge is 2.42. The van der Waals surface area contributed by atoms with Crippen LogP contribution in [0.3, 0.4) is 0 Å². The molecule has 1 unspecified atom stereocenters. The molecule has 0 amide bonds. The number of nitrogens with zero attached hydrogens (tertiary/aromatic N) is 3. The summed E-state index contributed by atoms with van der Waals surface area (Å²) in [7, 11) is 3.64. The maximum Gasteiger partial charge on any atom is 0.264 e. The number of hydrogen-bond donors (Lipinski definition) is 0. The molecule has 4 rings (SSSR count). The van der Waals surface area contributed by atoms with Crippen molar-refractivity contribution in [3.63, 3.8) is 0 Å². The SMILES string of the molecule is COC1(c2nnc(-c3cc4ccccc4n3C)o2)CCOC1. The second kappa shape index (κ2) is 4.93. The van der Waals surface area contributed by atoms with Gasteiger partial charge in [0.15, 0.2) is 5.60 Å². The average molecular weight is 299 g/mol. The Morgan fingerprint density at radius 1 is 1.27 bits per heavy atom. The lowest BCUT2D eigenvalue weighted by Crippen LogP contribution is -2.29. The zero-order chi connectivity index (χ0) is 15.2. The molecule has 114 valence electrons. The number of aryl methyl sites for hydroxylation is 1. The fourth-order valence-corrected chi connectivity index (χ4v) is 2.97. The lowest BCUT2D eigenvalue weighted by Gasteiger charge is -2.20. The van der Waals surface area contributed by atoms with E-state index in [1.54, 1.807) is 7.11 Å². The standard InChI is InChI=1S/C16H17N3O3/c1-19-12-6-4-3-5-11(12)9-13(19)14-17-18-15(22-14)16(20-2)7-8-21-10-16/h3-6,9H,7-8,10H2,1-2H3. The zero-order valence-electron chi connectivity index (χ0n) is 12.6. The molecule has 0 saturated carbocycles. The van der Waals surface area contributed by atoms with Crippen molar-refractivity contribution < 1.29 is 13.9 Å². The first-order valence-corrected chi connectivity index (χ1v) is 7.25. The van der Waals surface area contributed by atoms with E-state index in [1.165, 1.54) is 0 Å². The molecular formula is C16H17N3O3. The monoisotopic (exact) mass is 299 g/mol. The number of rotatable bonds is 3. The molecule has 3 aromatic rings. The molecule has 1 atom stereocenters. The summed E-state index contributed by atoms with van der Waals surface area (Å²) in [5.41, 5.74) is 1.41. The van der Waals surface area contributed by atoms with Crippen molar-refractivity contribution in [2.75, 3.05) is 20.3 Å². The van der Waals surface area contributed by atoms with Crippen LogP contribution in [0.15, 0.2) is 34.7 Å². The van der Waals surface area contributed by atoms with E-state index in [4.69, 9.17) is 13.9 Å². The van der Waals surface area contributed by atoms with E-state index < -0.39 is 5.60 Å². The van der Waals surface area contributed by atoms with Crippen LogP contribution in [-0.2, 0) is 22.1 Å². The summed E-state index contributed by atoms with van der Waals surface area (Å²) in [4.78, 5) is 0. The first-order chi connectivity index (χ1) is 10.7. The third-order valence-corrected chi connectivity index (χ3v) is 4.36. The molecule has 0 aliphatic carbocycles. The first kappa shape index (κ1) is 13.5. The molecule has 1 saturated heterocycles. The molecule has 1 aromatic carbocycles. The highest BCUT2D eigenvalue weighted by atomic mass is 16.6. The topological polar surface area (TPSA) is 62.3 Å². The molecule has 0 radical (unpaired) electrons. The van der Waals surface area contributed by atoms with E-state index in [0.717, 1.165) is 23.0 Å². The summed E-state index contributed by atoms with van der Waals surface area (Å²) in [6.07, 6.45) is 0.722. The molecule has 2 aromatic heterocycles. The molecule has 1 fully saturated rings. The molecule has 6 heteroatoms. The van der Waals surface area contributed by atoms with Crippen LogP contribution in [0.25, 0.3) is 22.5 Å². The quantitative estimate of drug-likeness (QED) is 0.743. The number of aromatic nitrogens is 3. The van der Waals surface area contributed by atoms with Crippen molar-refractivity contribution in [2.24, 2.45) is 7.05 Å². The van der Waals surface area contributed by atoms with Gasteiger partial charge < -0.3 is 18.5 Å². The van der Waals surface area contributed by atoms with E-state index in [0.29, 0.717) is 25.0 Å². The van der Waals surface area contributed by atoms with Gasteiger partial charge in [0.2, 0.25) is 0 Å². The Kier molecular flexibility index (Phi) is 3.02. The van der Waals surface area contributed by atoms with Gasteiger partial charge >= 0.3 is 0 Å². The van der Waals surface area contributed by atoms with E-state index in [-0.39, 0.29) is 0 Å². The van der Waals surface area contributed by atoms with Crippen LogP contribution >= 0.6 is 0 Å². The van der Waals surface area contributed by atoms with Crippen LogP contribution in [0.2, 0.25) is 0 Å². The van der Waals surface area contributed by atoms with E-state index >= 15 is 0 Å². The molecular weight excluding hydrogens is 282 g/mol. The summed E-state index contributed by atoms with van der Waals surface area (Å²) in [5, 5.41) is 9.54. The smallest absolute Gasteiger partial charge is 0.264 e. The van der Waals surface area contributed by atoms with Gasteiger partial charge in [-0.1, -0.05) is 18.2 Å². The van der Waals surface area contributed by atoms with Crippen LogP contribution in [0.1, 0.15) is 12.3 Å². The Balaban J connectivity index is 1.78. The number of benzene rings is 1. The third kappa shape index (κ3) is 1.88. The zero-order valence-corrected chi connectivity index (χ0v) is 12.6. The van der Waals surface area contributed by atoms with Gasteiger partial charge in [-0.3, -0.25) is 0 Å². The molecule has 22 heavy (non-hydrogen) atoms. The summed E-state index contributed by atoms with van der Waals surface area (Å²) in [6, 6.07) is 10.2. The minimum Gasteiger partial charge on any atom is -0.416 e. The van der Waals surface area contributed by atoms with Crippen molar-refractivity contribution in [1.29, 1.82) is 0 Å². The van der Waals surface area contributed by atoms with Gasteiger partial charge in [-0.2, -0.15) is 0 Å². The van der Waals surface area contributed by atoms with Gasteiger partial charge in [0.05, 0.1) is 13.2 Å². The van der Waals surface area contributed by atoms with Crippen LogP contribution in [-0.4, -0.2) is 35.1 Å². The minimum atomic E-state index is -0.615. The van der Waals surface area contributed by atoms with Crippen molar-refractivity contribution in [3.8, 4) is 11.6 Å². The second-order valence-corrected chi connectivity index (χ2v) is 5.56. The summed E-state index contributed by atoms with van der Waals surface area (Å²) in [5.74, 6) is 0.977. The Morgan fingerprint density at radius 3 is 2.86 bits per heavy atom. The molecule has 0 bridgehead atoms. The van der Waals surface area contributed by atoms with Crippen molar-refractivity contribution in [2.45, 2.75) is 12.0 Å². The Morgan fingerprint density at radius 2 is 2.14 bits per heavy atom. The van der Waals surface area contributed by atoms with Gasteiger partial charge in [0.25, 0.3) is 11.8 Å². The van der Waals surface area contributed by atoms with Crippen LogP contribution in [0.5, 0.6) is 0 Å². The number of hydrogen-bond acceptors (Lipinski definition) is 5. The third-order valence-electron chi connectivity index (χ3n) is 4.36. The van der Waals surface area contributed by atoms with Gasteiger partial charge in [0, 0.05) is 31.5 Å². The maximum atomic E-state index is 5.91. The molecule has 0 spiro atoms. The predicted octanol–water partition coefficient (Wildman–Crippen LogP) is 2.49. The first-order valence-electron chi connectivity index (χ1n) is 7.25. The van der Waals surface area contributed by atoms with Crippen molar-refractivity contribution in [3.05, 3.63) is 36.2 Å². The van der Waals surface area contributed by atoms with Gasteiger partial charge in [-0.15, -0.1) is 10.2 Å². The minimum absolute atomic E-state index is 0.445. The lowest BCUT2D eigenvalue weighted by atomic mass is 10.0. The lowest BCUT2D eigenvalue weighted by molar-refractivity contribution is -0.0407. The fourth-order valence-electron chi connectivity index (χ4n) is 2.97. The number of methoxy groups -OCH3 is 1. The number of ether oxygens (including phenoxy) is 2. The second-order valence-electron chi connectivity index (χ2n) is 5.56. The van der Waals surface area contributed by atoms with Crippen LogP contribution in [0.4, 0.5) is 0 Å². The summed E-state index contributed by atoms with van der Waals surface area (Å²) < 4.78 is 19.0.